The number of furan rings is 1. The monoisotopic (exact) mass is 393 g/mol. The molecule has 4 N–H and O–H groups in total. The highest BCUT2D eigenvalue weighted by molar-refractivity contribution is 7.80. The van der Waals surface area contributed by atoms with E-state index in [-0.39, 0.29) is 16.8 Å². The maximum atomic E-state index is 12.9. The second-order valence-corrected chi connectivity index (χ2v) is 7.02. The standard InChI is InChI=1S/C20H19N5O2S/c1-11-16-13(24-25-20(21)28)7-3-9-15(16)27-18(11)19(26)23-14-8-2-5-12-6-4-10-22-17(12)14/h2,4-6,8,10H,3,7,9H2,1H3,(H,23,26)(H3,21,25,28)/b24-13+. The number of carbonyl (C=O) groups excluding carboxylic acids is 1. The number of nitrogens with one attached hydrogen (secondary N) is 2. The minimum absolute atomic E-state index is 0.0993. The lowest BCUT2D eigenvalue weighted by molar-refractivity contribution is 0.0994. The van der Waals surface area contributed by atoms with Gasteiger partial charge >= 0.3 is 0 Å². The van der Waals surface area contributed by atoms with Gasteiger partial charge in [-0.1, -0.05) is 18.2 Å². The predicted molar refractivity (Wildman–Crippen MR) is 113 cm³/mol. The Bertz CT molecular complexity index is 1110. The van der Waals surface area contributed by atoms with Crippen molar-refractivity contribution in [3.63, 3.8) is 0 Å². The van der Waals surface area contributed by atoms with Crippen LogP contribution in [0, 0.1) is 6.92 Å². The van der Waals surface area contributed by atoms with Crippen molar-refractivity contribution in [1.82, 2.24) is 10.4 Å². The summed E-state index contributed by atoms with van der Waals surface area (Å²) in [5.41, 5.74) is 11.9. The number of aryl methyl sites for hydroxylation is 1. The van der Waals surface area contributed by atoms with Crippen molar-refractivity contribution < 1.29 is 9.21 Å². The molecule has 7 nitrogen and oxygen atoms in total. The number of hydrogen-bond donors (Lipinski definition) is 3. The lowest BCUT2D eigenvalue weighted by atomic mass is 9.93. The van der Waals surface area contributed by atoms with Gasteiger partial charge in [0, 0.05) is 29.1 Å². The van der Waals surface area contributed by atoms with E-state index in [1.165, 1.54) is 0 Å². The van der Waals surface area contributed by atoms with Gasteiger partial charge in [0.05, 0.1) is 16.9 Å². The number of anilines is 1. The molecule has 1 aliphatic carbocycles. The fraction of sp³-hybridized carbons (Fsp3) is 0.200. The van der Waals surface area contributed by atoms with E-state index in [0.717, 1.165) is 52.8 Å². The molecule has 28 heavy (non-hydrogen) atoms. The molecule has 0 fully saturated rings. The normalized spacial score (nSPS) is 14.7. The molecule has 0 atom stereocenters. The van der Waals surface area contributed by atoms with Gasteiger partial charge in [-0.3, -0.25) is 15.2 Å². The lowest BCUT2D eigenvalue weighted by Gasteiger charge is -2.13. The van der Waals surface area contributed by atoms with Crippen molar-refractivity contribution in [2.75, 3.05) is 5.32 Å². The Morgan fingerprint density at radius 2 is 2.11 bits per heavy atom. The molecule has 4 rings (SSSR count). The second kappa shape index (κ2) is 7.40. The molecule has 0 saturated heterocycles. The van der Waals surface area contributed by atoms with Crippen molar-refractivity contribution in [2.24, 2.45) is 10.8 Å². The van der Waals surface area contributed by atoms with E-state index in [1.807, 2.05) is 37.3 Å². The Kier molecular flexibility index (Phi) is 4.79. The first kappa shape index (κ1) is 18.1. The average Bonchev–Trinajstić information content (AvgIpc) is 3.04. The summed E-state index contributed by atoms with van der Waals surface area (Å²) >= 11 is 4.82. The van der Waals surface area contributed by atoms with Gasteiger partial charge < -0.3 is 15.5 Å². The molecule has 0 unspecified atom stereocenters. The zero-order valence-corrected chi connectivity index (χ0v) is 16.1. The number of hydrogen-bond acceptors (Lipinski definition) is 5. The first-order chi connectivity index (χ1) is 13.5. The lowest BCUT2D eigenvalue weighted by Crippen LogP contribution is -2.26. The number of rotatable bonds is 3. The van der Waals surface area contributed by atoms with Crippen molar-refractivity contribution in [1.29, 1.82) is 0 Å². The SMILES string of the molecule is Cc1c(C(=O)Nc2cccc3cccnc23)oc2c1/C(=N/NC(N)=S)CCC2. The van der Waals surface area contributed by atoms with Crippen LogP contribution in [-0.2, 0) is 6.42 Å². The Morgan fingerprint density at radius 1 is 1.29 bits per heavy atom. The van der Waals surface area contributed by atoms with Crippen LogP contribution < -0.4 is 16.5 Å². The molecule has 2 aromatic heterocycles. The Morgan fingerprint density at radius 3 is 2.93 bits per heavy atom. The number of nitrogens with two attached hydrogens (primary N) is 1. The Hall–Kier alpha value is -3.26. The molecule has 142 valence electrons. The zero-order valence-electron chi connectivity index (χ0n) is 15.3. The van der Waals surface area contributed by atoms with Crippen LogP contribution in [0.3, 0.4) is 0 Å². The molecule has 0 aliphatic heterocycles. The van der Waals surface area contributed by atoms with Gasteiger partial charge in [-0.25, -0.2) is 0 Å². The van der Waals surface area contributed by atoms with E-state index in [0.29, 0.717) is 5.69 Å². The molecule has 0 saturated carbocycles. The summed E-state index contributed by atoms with van der Waals surface area (Å²) in [4.78, 5) is 17.3. The van der Waals surface area contributed by atoms with Crippen molar-refractivity contribution in [2.45, 2.75) is 26.2 Å². The minimum atomic E-state index is -0.313. The fourth-order valence-electron chi connectivity index (χ4n) is 3.50. The van der Waals surface area contributed by atoms with E-state index in [4.69, 9.17) is 22.4 Å². The number of benzene rings is 1. The van der Waals surface area contributed by atoms with Crippen molar-refractivity contribution in [3.05, 3.63) is 59.2 Å². The van der Waals surface area contributed by atoms with Crippen LogP contribution in [0.25, 0.3) is 10.9 Å². The molecule has 1 aliphatic rings. The number of nitrogens with zero attached hydrogens (tertiary/aromatic N) is 2. The highest BCUT2D eigenvalue weighted by Crippen LogP contribution is 2.31. The minimum Gasteiger partial charge on any atom is -0.455 e. The fourth-order valence-corrected chi connectivity index (χ4v) is 3.55. The maximum absolute atomic E-state index is 12.9. The number of pyridine rings is 1. The number of amides is 1. The van der Waals surface area contributed by atoms with Crippen LogP contribution in [0.5, 0.6) is 0 Å². The summed E-state index contributed by atoms with van der Waals surface area (Å²) in [7, 11) is 0. The largest absolute Gasteiger partial charge is 0.455 e. The number of para-hydroxylation sites is 1. The molecule has 2 heterocycles. The molecule has 1 amide bonds. The van der Waals surface area contributed by atoms with E-state index in [1.54, 1.807) is 6.20 Å². The molecule has 0 spiro atoms. The van der Waals surface area contributed by atoms with Crippen LogP contribution in [-0.4, -0.2) is 21.7 Å². The first-order valence-electron chi connectivity index (χ1n) is 8.94. The molecule has 8 heteroatoms. The molecule has 3 aromatic rings. The Balaban J connectivity index is 1.67. The summed E-state index contributed by atoms with van der Waals surface area (Å²) in [6.45, 7) is 1.86. The van der Waals surface area contributed by atoms with Gasteiger partial charge in [-0.15, -0.1) is 0 Å². The summed E-state index contributed by atoms with van der Waals surface area (Å²) in [5, 5.41) is 8.26. The van der Waals surface area contributed by atoms with Crippen LogP contribution in [0.4, 0.5) is 5.69 Å². The number of hydrazone groups is 1. The average molecular weight is 393 g/mol. The molecule has 0 radical (unpaired) electrons. The van der Waals surface area contributed by atoms with Gasteiger partial charge in [-0.05, 0) is 44.1 Å². The summed E-state index contributed by atoms with van der Waals surface area (Å²) in [5.74, 6) is 0.725. The highest BCUT2D eigenvalue weighted by Gasteiger charge is 2.28. The quantitative estimate of drug-likeness (QED) is 0.466. The molecule has 0 bridgehead atoms. The number of aromatic nitrogens is 1. The van der Waals surface area contributed by atoms with Gasteiger partial charge in [0.2, 0.25) is 0 Å². The maximum Gasteiger partial charge on any atom is 0.291 e. The van der Waals surface area contributed by atoms with E-state index in [9.17, 15) is 4.79 Å². The van der Waals surface area contributed by atoms with Crippen LogP contribution in [0.15, 0.2) is 46.0 Å². The predicted octanol–water partition coefficient (Wildman–Crippen LogP) is 3.26. The van der Waals surface area contributed by atoms with E-state index < -0.39 is 0 Å². The summed E-state index contributed by atoms with van der Waals surface area (Å²) in [6.07, 6.45) is 4.10. The topological polar surface area (TPSA) is 106 Å². The summed E-state index contributed by atoms with van der Waals surface area (Å²) in [6, 6.07) is 9.47. The number of thiocarbonyl (C=S) groups is 1. The van der Waals surface area contributed by atoms with Crippen LogP contribution in [0.1, 0.15) is 40.3 Å². The van der Waals surface area contributed by atoms with E-state index >= 15 is 0 Å². The van der Waals surface area contributed by atoms with E-state index in [2.05, 4.69) is 20.8 Å². The van der Waals surface area contributed by atoms with Gasteiger partial charge in [0.15, 0.2) is 10.9 Å². The first-order valence-corrected chi connectivity index (χ1v) is 9.35. The van der Waals surface area contributed by atoms with Gasteiger partial charge in [-0.2, -0.15) is 5.10 Å². The highest BCUT2D eigenvalue weighted by atomic mass is 32.1. The van der Waals surface area contributed by atoms with Crippen LogP contribution in [0.2, 0.25) is 0 Å². The Labute approximate surface area is 167 Å². The number of fused-ring (bicyclic) bond motifs is 2. The third kappa shape index (κ3) is 3.34. The number of carbonyl (C=O) groups is 1. The van der Waals surface area contributed by atoms with Crippen molar-refractivity contribution in [3.8, 4) is 0 Å². The molecule has 1 aromatic carbocycles. The van der Waals surface area contributed by atoms with Crippen molar-refractivity contribution >= 4 is 45.5 Å². The third-order valence-corrected chi connectivity index (χ3v) is 4.81. The van der Waals surface area contributed by atoms with Crippen LogP contribution >= 0.6 is 12.2 Å². The molecular formula is C20H19N5O2S. The summed E-state index contributed by atoms with van der Waals surface area (Å²) < 4.78 is 5.91. The third-order valence-electron chi connectivity index (χ3n) is 4.71. The van der Waals surface area contributed by atoms with Gasteiger partial charge in [0.1, 0.15) is 5.76 Å². The smallest absolute Gasteiger partial charge is 0.291 e. The zero-order chi connectivity index (χ0) is 19.7. The second-order valence-electron chi connectivity index (χ2n) is 6.58. The molecular weight excluding hydrogens is 374 g/mol. The van der Waals surface area contributed by atoms with Gasteiger partial charge in [0.25, 0.3) is 5.91 Å².